The smallest absolute Gasteiger partial charge is 0.340 e. The summed E-state index contributed by atoms with van der Waals surface area (Å²) in [6.45, 7) is 4.76. The van der Waals surface area contributed by atoms with Crippen LogP contribution in [0, 0.1) is 19.7 Å². The second kappa shape index (κ2) is 8.42. The van der Waals surface area contributed by atoms with E-state index in [1.165, 1.54) is 24.3 Å². The van der Waals surface area contributed by atoms with Gasteiger partial charge in [-0.05, 0) is 44.0 Å². The van der Waals surface area contributed by atoms with Gasteiger partial charge in [0, 0.05) is 5.69 Å². The summed E-state index contributed by atoms with van der Waals surface area (Å²) in [6.07, 6.45) is -0.0651. The quantitative estimate of drug-likeness (QED) is 0.605. The Bertz CT molecular complexity index is 823. The van der Waals surface area contributed by atoms with E-state index in [-0.39, 0.29) is 18.7 Å². The molecule has 2 aromatic rings. The number of rotatable bonds is 7. The predicted molar refractivity (Wildman–Crippen MR) is 91.6 cm³/mol. The van der Waals surface area contributed by atoms with Crippen LogP contribution in [0.1, 0.15) is 44.6 Å². The number of carbonyl (C=O) groups is 3. The summed E-state index contributed by atoms with van der Waals surface area (Å²) < 4.78 is 22.8. The Morgan fingerprint density at radius 1 is 1.08 bits per heavy atom. The van der Waals surface area contributed by atoms with Crippen LogP contribution in [-0.2, 0) is 20.7 Å². The van der Waals surface area contributed by atoms with Crippen LogP contribution < -0.4 is 0 Å². The van der Waals surface area contributed by atoms with Crippen LogP contribution in [-0.4, -0.2) is 35.9 Å². The summed E-state index contributed by atoms with van der Waals surface area (Å²) in [7, 11) is 0. The zero-order chi connectivity index (χ0) is 19.3. The number of hydrogen-bond donors (Lipinski definition) is 1. The molecule has 7 heteroatoms. The second-order valence-electron chi connectivity index (χ2n) is 5.73. The van der Waals surface area contributed by atoms with Crippen LogP contribution in [0.2, 0.25) is 0 Å². The van der Waals surface area contributed by atoms with Gasteiger partial charge in [0.2, 0.25) is 5.78 Å². The molecule has 26 heavy (non-hydrogen) atoms. The molecule has 0 bridgehead atoms. The Labute approximate surface area is 150 Å². The highest BCUT2D eigenvalue weighted by Gasteiger charge is 2.23. The number of aryl methyl sites for hydroxylation is 1. The number of benzene rings is 1. The lowest BCUT2D eigenvalue weighted by molar-refractivity contribution is -0.141. The van der Waals surface area contributed by atoms with Gasteiger partial charge in [-0.15, -0.1) is 0 Å². The molecule has 1 aromatic heterocycles. The topological polar surface area (TPSA) is 85.5 Å². The summed E-state index contributed by atoms with van der Waals surface area (Å²) in [5.41, 5.74) is 2.08. The van der Waals surface area contributed by atoms with Crippen molar-refractivity contribution in [3.8, 4) is 0 Å². The highest BCUT2D eigenvalue weighted by molar-refractivity contribution is 6.02. The maximum absolute atomic E-state index is 12.8. The van der Waals surface area contributed by atoms with Crippen molar-refractivity contribution in [2.45, 2.75) is 27.2 Å². The third-order valence-corrected chi connectivity index (χ3v) is 3.82. The molecule has 0 aliphatic carbocycles. The van der Waals surface area contributed by atoms with Gasteiger partial charge in [0.05, 0.1) is 24.3 Å². The highest BCUT2D eigenvalue weighted by atomic mass is 19.1. The van der Waals surface area contributed by atoms with Gasteiger partial charge in [-0.25, -0.2) is 9.18 Å². The molecule has 0 aliphatic heterocycles. The van der Waals surface area contributed by atoms with Gasteiger partial charge in [0.1, 0.15) is 5.82 Å². The van der Waals surface area contributed by atoms with Gasteiger partial charge in [-0.1, -0.05) is 12.1 Å². The van der Waals surface area contributed by atoms with Crippen LogP contribution in [0.15, 0.2) is 24.3 Å². The Balaban J connectivity index is 1.99. The monoisotopic (exact) mass is 361 g/mol. The van der Waals surface area contributed by atoms with Crippen molar-refractivity contribution < 1.29 is 28.2 Å². The third-order valence-electron chi connectivity index (χ3n) is 3.82. The molecular formula is C19H20FNO5. The SMILES string of the molecule is CCOC(=O)c1c(C)[nH]c(C(=O)COC(=O)Cc2ccc(F)cc2)c1C. The van der Waals surface area contributed by atoms with E-state index in [4.69, 9.17) is 9.47 Å². The fourth-order valence-corrected chi connectivity index (χ4v) is 2.58. The molecule has 0 unspecified atom stereocenters. The zero-order valence-electron chi connectivity index (χ0n) is 14.8. The highest BCUT2D eigenvalue weighted by Crippen LogP contribution is 2.19. The van der Waals surface area contributed by atoms with Gasteiger partial charge in [-0.2, -0.15) is 0 Å². The fraction of sp³-hybridized carbons (Fsp3) is 0.316. The van der Waals surface area contributed by atoms with Crippen molar-refractivity contribution in [2.75, 3.05) is 13.2 Å². The van der Waals surface area contributed by atoms with Crippen LogP contribution in [0.3, 0.4) is 0 Å². The van der Waals surface area contributed by atoms with E-state index >= 15 is 0 Å². The van der Waals surface area contributed by atoms with Crippen LogP contribution in [0.25, 0.3) is 0 Å². The Morgan fingerprint density at radius 2 is 1.73 bits per heavy atom. The van der Waals surface area contributed by atoms with E-state index in [0.717, 1.165) is 0 Å². The molecule has 2 rings (SSSR count). The first-order valence-electron chi connectivity index (χ1n) is 8.13. The standard InChI is InChI=1S/C19H20FNO5/c1-4-25-19(24)17-11(2)18(21-12(17)3)15(22)10-26-16(23)9-13-5-7-14(20)8-6-13/h5-8,21H,4,9-10H2,1-3H3. The molecule has 0 spiro atoms. The molecule has 6 nitrogen and oxygen atoms in total. The lowest BCUT2D eigenvalue weighted by atomic mass is 10.1. The van der Waals surface area contributed by atoms with Gasteiger partial charge < -0.3 is 14.5 Å². The predicted octanol–water partition coefficient (Wildman–Crippen LogP) is 2.92. The molecule has 1 heterocycles. The minimum Gasteiger partial charge on any atom is -0.462 e. The average molecular weight is 361 g/mol. The number of ketones is 1. The molecular weight excluding hydrogens is 341 g/mol. The number of H-pyrrole nitrogens is 1. The van der Waals surface area contributed by atoms with Crippen molar-refractivity contribution in [3.63, 3.8) is 0 Å². The largest absolute Gasteiger partial charge is 0.462 e. The normalized spacial score (nSPS) is 10.5. The first-order valence-corrected chi connectivity index (χ1v) is 8.13. The van der Waals surface area contributed by atoms with Crippen molar-refractivity contribution in [1.82, 2.24) is 4.98 Å². The van der Waals surface area contributed by atoms with E-state index in [9.17, 15) is 18.8 Å². The summed E-state index contributed by atoms with van der Waals surface area (Å²) in [5.74, 6) is -1.96. The van der Waals surface area contributed by atoms with Crippen LogP contribution in [0.5, 0.6) is 0 Å². The molecule has 0 radical (unpaired) electrons. The van der Waals surface area contributed by atoms with Gasteiger partial charge >= 0.3 is 11.9 Å². The number of aromatic amines is 1. The zero-order valence-corrected chi connectivity index (χ0v) is 14.8. The number of halogens is 1. The fourth-order valence-electron chi connectivity index (χ4n) is 2.58. The maximum Gasteiger partial charge on any atom is 0.340 e. The van der Waals surface area contributed by atoms with Crippen molar-refractivity contribution in [3.05, 3.63) is 58.2 Å². The number of aromatic nitrogens is 1. The molecule has 0 aliphatic rings. The number of carbonyl (C=O) groups excluding carboxylic acids is 3. The van der Waals surface area contributed by atoms with Crippen LogP contribution >= 0.6 is 0 Å². The minimum absolute atomic E-state index is 0.0651. The van der Waals surface area contributed by atoms with Crippen molar-refractivity contribution in [2.24, 2.45) is 0 Å². The maximum atomic E-state index is 12.8. The Hall–Kier alpha value is -2.96. The van der Waals surface area contributed by atoms with Gasteiger partial charge in [0.25, 0.3) is 0 Å². The van der Waals surface area contributed by atoms with E-state index in [1.54, 1.807) is 20.8 Å². The molecule has 0 atom stereocenters. The van der Waals surface area contributed by atoms with Crippen molar-refractivity contribution >= 4 is 17.7 Å². The molecule has 0 saturated carbocycles. The molecule has 0 fully saturated rings. The summed E-state index contributed by atoms with van der Waals surface area (Å²) in [5, 5.41) is 0. The van der Waals surface area contributed by atoms with E-state index in [0.29, 0.717) is 22.4 Å². The lowest BCUT2D eigenvalue weighted by Gasteiger charge is -2.05. The van der Waals surface area contributed by atoms with Crippen LogP contribution in [0.4, 0.5) is 4.39 Å². The molecule has 1 N–H and O–H groups in total. The number of esters is 2. The summed E-state index contributed by atoms with van der Waals surface area (Å²) >= 11 is 0. The summed E-state index contributed by atoms with van der Waals surface area (Å²) in [4.78, 5) is 38.9. The van der Waals surface area contributed by atoms with E-state index in [2.05, 4.69) is 4.98 Å². The van der Waals surface area contributed by atoms with Gasteiger partial charge in [0.15, 0.2) is 6.61 Å². The Kier molecular flexibility index (Phi) is 6.27. The van der Waals surface area contributed by atoms with E-state index in [1.807, 2.05) is 0 Å². The average Bonchev–Trinajstić information content (AvgIpc) is 2.89. The number of ether oxygens (including phenoxy) is 2. The number of Topliss-reactive ketones (excluding diaryl/α,β-unsaturated/α-hetero) is 1. The molecule has 1 aromatic carbocycles. The first kappa shape index (κ1) is 19.4. The second-order valence-corrected chi connectivity index (χ2v) is 5.73. The molecule has 0 amide bonds. The van der Waals surface area contributed by atoms with Crippen molar-refractivity contribution in [1.29, 1.82) is 0 Å². The minimum atomic E-state index is -0.600. The third kappa shape index (κ3) is 4.56. The number of hydrogen-bond acceptors (Lipinski definition) is 5. The lowest BCUT2D eigenvalue weighted by Crippen LogP contribution is -2.17. The molecule has 138 valence electrons. The van der Waals surface area contributed by atoms with E-state index < -0.39 is 30.1 Å². The Morgan fingerprint density at radius 3 is 2.35 bits per heavy atom. The van der Waals surface area contributed by atoms with Gasteiger partial charge in [-0.3, -0.25) is 9.59 Å². The number of nitrogens with one attached hydrogen (secondary N) is 1. The first-order chi connectivity index (χ1) is 12.3. The molecule has 0 saturated heterocycles. The summed E-state index contributed by atoms with van der Waals surface area (Å²) in [6, 6.07) is 5.44.